The maximum absolute atomic E-state index is 12.8. The molecule has 3 rings (SSSR count). The van der Waals surface area contributed by atoms with Crippen LogP contribution in [-0.4, -0.2) is 47.4 Å². The number of fused-ring (bicyclic) bond motifs is 1. The highest BCUT2D eigenvalue weighted by Gasteiger charge is 2.36. The van der Waals surface area contributed by atoms with Gasteiger partial charge in [-0.15, -0.1) is 0 Å². The molecule has 166 valence electrons. The number of likely N-dealkylation sites (tertiary alicyclic amines) is 1. The first-order valence-corrected chi connectivity index (χ1v) is 15.2. The molecule has 1 amide bonds. The summed E-state index contributed by atoms with van der Waals surface area (Å²) in [6.07, 6.45) is 1.54. The quantitative estimate of drug-likeness (QED) is 0.354. The van der Waals surface area contributed by atoms with E-state index in [1.54, 1.807) is 0 Å². The van der Waals surface area contributed by atoms with Crippen molar-refractivity contribution < 1.29 is 14.3 Å². The molecule has 1 unspecified atom stereocenters. The number of carbonyl (C=O) groups excluding carboxylic acids is 1. The molecule has 6 nitrogen and oxygen atoms in total. The Morgan fingerprint density at radius 3 is 2.70 bits per heavy atom. The standard InChI is InChI=1S/C22H34BrN3O3Si/c1-22(2,3)29-21(27)25-11-7-8-19(25)20-24-17-14-16(23)9-10-18(17)26(20)15-28-12-13-30(4,5)6/h9-10,14,19H,7-8,11-13,15H2,1-6H3. The zero-order valence-electron chi connectivity index (χ0n) is 19.0. The van der Waals surface area contributed by atoms with Gasteiger partial charge in [-0.3, -0.25) is 4.90 Å². The number of rotatable bonds is 6. The van der Waals surface area contributed by atoms with Crippen molar-refractivity contribution in [3.8, 4) is 0 Å². The number of carbonyl (C=O) groups is 1. The zero-order valence-corrected chi connectivity index (χ0v) is 21.6. The van der Waals surface area contributed by atoms with E-state index in [-0.39, 0.29) is 12.1 Å². The van der Waals surface area contributed by atoms with Crippen molar-refractivity contribution in [3.05, 3.63) is 28.5 Å². The molecule has 1 aromatic heterocycles. The molecule has 1 aliphatic rings. The third kappa shape index (κ3) is 5.86. The van der Waals surface area contributed by atoms with Crippen LogP contribution in [0.3, 0.4) is 0 Å². The number of ether oxygens (including phenoxy) is 2. The minimum Gasteiger partial charge on any atom is -0.444 e. The number of halogens is 1. The lowest BCUT2D eigenvalue weighted by atomic mass is 10.2. The number of hydrogen-bond acceptors (Lipinski definition) is 4. The fraction of sp³-hybridized carbons (Fsp3) is 0.636. The molecule has 2 aromatic rings. The largest absolute Gasteiger partial charge is 0.444 e. The molecule has 1 fully saturated rings. The van der Waals surface area contributed by atoms with Gasteiger partial charge in [-0.25, -0.2) is 9.78 Å². The van der Waals surface area contributed by atoms with E-state index in [0.717, 1.165) is 46.8 Å². The van der Waals surface area contributed by atoms with E-state index >= 15 is 0 Å². The lowest BCUT2D eigenvalue weighted by Gasteiger charge is -2.28. The average molecular weight is 497 g/mol. The molecule has 2 heterocycles. The van der Waals surface area contributed by atoms with E-state index in [0.29, 0.717) is 13.3 Å². The minimum atomic E-state index is -1.15. The SMILES string of the molecule is CC(C)(C)OC(=O)N1CCCC1c1nc2cc(Br)ccc2n1COCC[Si](C)(C)C. The Hall–Kier alpha value is -1.38. The summed E-state index contributed by atoms with van der Waals surface area (Å²) in [5.41, 5.74) is 1.41. The Bertz CT molecular complexity index is 901. The summed E-state index contributed by atoms with van der Waals surface area (Å²) in [4.78, 5) is 19.6. The Morgan fingerprint density at radius 2 is 2.03 bits per heavy atom. The smallest absolute Gasteiger partial charge is 0.410 e. The van der Waals surface area contributed by atoms with Gasteiger partial charge in [0.05, 0.1) is 17.1 Å². The Morgan fingerprint density at radius 1 is 1.30 bits per heavy atom. The lowest BCUT2D eigenvalue weighted by Crippen LogP contribution is -2.37. The fourth-order valence-electron chi connectivity index (χ4n) is 3.62. The van der Waals surface area contributed by atoms with Gasteiger partial charge < -0.3 is 14.0 Å². The molecule has 0 bridgehead atoms. The van der Waals surface area contributed by atoms with Gasteiger partial charge in [-0.2, -0.15) is 0 Å². The number of nitrogens with zero attached hydrogens (tertiary/aromatic N) is 3. The van der Waals surface area contributed by atoms with Crippen LogP contribution >= 0.6 is 15.9 Å². The van der Waals surface area contributed by atoms with E-state index < -0.39 is 13.7 Å². The first-order chi connectivity index (χ1) is 13.9. The maximum atomic E-state index is 12.8. The summed E-state index contributed by atoms with van der Waals surface area (Å²) in [6.45, 7) is 14.6. The van der Waals surface area contributed by atoms with Gasteiger partial charge in [0, 0.05) is 25.7 Å². The lowest BCUT2D eigenvalue weighted by molar-refractivity contribution is 0.0205. The molecule has 0 spiro atoms. The summed E-state index contributed by atoms with van der Waals surface area (Å²) in [5.74, 6) is 0.875. The Balaban J connectivity index is 1.88. The molecule has 0 saturated carbocycles. The molecule has 1 aromatic carbocycles. The first kappa shape index (κ1) is 23.3. The van der Waals surface area contributed by atoms with Crippen LogP contribution in [0, 0.1) is 0 Å². The Labute approximate surface area is 189 Å². The van der Waals surface area contributed by atoms with Crippen LogP contribution < -0.4 is 0 Å². The van der Waals surface area contributed by atoms with Gasteiger partial charge in [-0.1, -0.05) is 35.6 Å². The van der Waals surface area contributed by atoms with Gasteiger partial charge in [-0.05, 0) is 57.9 Å². The van der Waals surface area contributed by atoms with Crippen LogP contribution in [0.5, 0.6) is 0 Å². The average Bonchev–Trinajstić information content (AvgIpc) is 3.20. The van der Waals surface area contributed by atoms with E-state index in [4.69, 9.17) is 14.5 Å². The van der Waals surface area contributed by atoms with E-state index in [1.807, 2.05) is 37.8 Å². The zero-order chi connectivity index (χ0) is 22.1. The second-order valence-electron chi connectivity index (χ2n) is 10.2. The van der Waals surface area contributed by atoms with Gasteiger partial charge >= 0.3 is 6.09 Å². The van der Waals surface area contributed by atoms with Gasteiger partial charge in [0.15, 0.2) is 0 Å². The van der Waals surface area contributed by atoms with Gasteiger partial charge in [0.1, 0.15) is 18.2 Å². The predicted molar refractivity (Wildman–Crippen MR) is 126 cm³/mol. The minimum absolute atomic E-state index is 0.105. The molecular weight excluding hydrogens is 462 g/mol. The molecule has 1 saturated heterocycles. The monoisotopic (exact) mass is 495 g/mol. The van der Waals surface area contributed by atoms with Crippen molar-refractivity contribution in [1.82, 2.24) is 14.5 Å². The van der Waals surface area contributed by atoms with Crippen LogP contribution in [0.1, 0.15) is 45.5 Å². The van der Waals surface area contributed by atoms with Gasteiger partial charge in [0.25, 0.3) is 0 Å². The van der Waals surface area contributed by atoms with E-state index in [9.17, 15) is 4.79 Å². The number of imidazole rings is 1. The molecule has 1 atom stereocenters. The second-order valence-corrected chi connectivity index (χ2v) is 16.7. The van der Waals surface area contributed by atoms with Gasteiger partial charge in [0.2, 0.25) is 0 Å². The number of benzene rings is 1. The first-order valence-electron chi connectivity index (χ1n) is 10.7. The van der Waals surface area contributed by atoms with Crippen molar-refractivity contribution >= 4 is 41.1 Å². The number of hydrogen-bond donors (Lipinski definition) is 0. The van der Waals surface area contributed by atoms with E-state index in [1.165, 1.54) is 0 Å². The molecular formula is C22H34BrN3O3Si. The second kappa shape index (κ2) is 9.00. The summed E-state index contributed by atoms with van der Waals surface area (Å²) in [7, 11) is -1.15. The van der Waals surface area contributed by atoms with E-state index in [2.05, 4.69) is 46.2 Å². The van der Waals surface area contributed by atoms with Crippen LogP contribution in [-0.2, 0) is 16.2 Å². The predicted octanol–water partition coefficient (Wildman–Crippen LogP) is 6.18. The summed E-state index contributed by atoms with van der Waals surface area (Å²) in [5, 5.41) is 0. The molecule has 0 N–H and O–H groups in total. The highest BCUT2D eigenvalue weighted by molar-refractivity contribution is 9.10. The highest BCUT2D eigenvalue weighted by atomic mass is 79.9. The normalized spacial score (nSPS) is 17.7. The van der Waals surface area contributed by atoms with Crippen molar-refractivity contribution in [2.45, 2.75) is 77.7 Å². The Kier molecular flexibility index (Phi) is 6.99. The summed E-state index contributed by atoms with van der Waals surface area (Å²) < 4.78 is 14.9. The molecule has 0 aliphatic carbocycles. The third-order valence-corrected chi connectivity index (χ3v) is 7.33. The molecule has 30 heavy (non-hydrogen) atoms. The highest BCUT2D eigenvalue weighted by Crippen LogP contribution is 2.35. The maximum Gasteiger partial charge on any atom is 0.410 e. The summed E-state index contributed by atoms with van der Waals surface area (Å²) >= 11 is 3.54. The van der Waals surface area contributed by atoms with Crippen LogP contribution in [0.2, 0.25) is 25.7 Å². The molecule has 1 aliphatic heterocycles. The van der Waals surface area contributed by atoms with Crippen LogP contribution in [0.25, 0.3) is 11.0 Å². The topological polar surface area (TPSA) is 56.6 Å². The van der Waals surface area contributed by atoms with Crippen molar-refractivity contribution in [2.24, 2.45) is 0 Å². The number of amides is 1. The molecule has 0 radical (unpaired) electrons. The van der Waals surface area contributed by atoms with Crippen molar-refractivity contribution in [2.75, 3.05) is 13.2 Å². The fourth-order valence-corrected chi connectivity index (χ4v) is 4.73. The number of aromatic nitrogens is 2. The molecule has 8 heteroatoms. The summed E-state index contributed by atoms with van der Waals surface area (Å²) in [6, 6.07) is 7.11. The van der Waals surface area contributed by atoms with Crippen molar-refractivity contribution in [1.29, 1.82) is 0 Å². The van der Waals surface area contributed by atoms with Crippen LogP contribution in [0.4, 0.5) is 4.79 Å². The third-order valence-electron chi connectivity index (χ3n) is 5.14. The van der Waals surface area contributed by atoms with Crippen LogP contribution in [0.15, 0.2) is 22.7 Å². The van der Waals surface area contributed by atoms with Crippen molar-refractivity contribution in [3.63, 3.8) is 0 Å².